The molecule has 3 heterocycles. The highest BCUT2D eigenvalue weighted by molar-refractivity contribution is 7.07. The first-order chi connectivity index (χ1) is 10.8. The second kappa shape index (κ2) is 5.27. The minimum Gasteiger partial charge on any atom is -0.310 e. The van der Waals surface area contributed by atoms with E-state index in [4.69, 9.17) is 0 Å². The first-order valence-corrected chi connectivity index (χ1v) is 7.89. The number of aromatic nitrogens is 3. The van der Waals surface area contributed by atoms with Crippen LogP contribution in [0.25, 0.3) is 22.0 Å². The van der Waals surface area contributed by atoms with Crippen LogP contribution in [0.15, 0.2) is 64.3 Å². The van der Waals surface area contributed by atoms with E-state index < -0.39 is 0 Å². The van der Waals surface area contributed by atoms with Gasteiger partial charge in [0.1, 0.15) is 0 Å². The maximum absolute atomic E-state index is 12.1. The molecule has 3 aromatic heterocycles. The lowest BCUT2D eigenvalue weighted by atomic mass is 10.1. The van der Waals surface area contributed by atoms with Crippen molar-refractivity contribution in [3.05, 3.63) is 75.5 Å². The average molecular weight is 307 g/mol. The number of hydrogen-bond donors (Lipinski definition) is 1. The van der Waals surface area contributed by atoms with Crippen molar-refractivity contribution in [1.82, 2.24) is 14.8 Å². The zero-order valence-electron chi connectivity index (χ0n) is 11.7. The summed E-state index contributed by atoms with van der Waals surface area (Å²) in [5.74, 6) is 0. The largest absolute Gasteiger partial charge is 0.310 e. The number of fused-ring (bicyclic) bond motifs is 1. The molecule has 0 unspecified atom stereocenters. The standard InChI is InChI=1S/C17H13N3OS/c21-17-4-3-15(10-20(17)9-12-5-6-22-11-12)13-1-2-14-8-18-19-16(14)7-13/h1-8,10-11H,9H2,(H,18,19). The fraction of sp³-hybridized carbons (Fsp3) is 0.0588. The van der Waals surface area contributed by atoms with Gasteiger partial charge in [0.2, 0.25) is 0 Å². The predicted molar refractivity (Wildman–Crippen MR) is 89.2 cm³/mol. The summed E-state index contributed by atoms with van der Waals surface area (Å²) in [5, 5.41) is 12.2. The van der Waals surface area contributed by atoms with Gasteiger partial charge in [-0.15, -0.1) is 0 Å². The van der Waals surface area contributed by atoms with E-state index in [-0.39, 0.29) is 5.56 Å². The highest BCUT2D eigenvalue weighted by atomic mass is 32.1. The molecule has 0 aliphatic rings. The third kappa shape index (κ3) is 2.35. The number of pyridine rings is 1. The quantitative estimate of drug-likeness (QED) is 0.630. The molecule has 4 nitrogen and oxygen atoms in total. The number of aromatic amines is 1. The molecule has 0 radical (unpaired) electrons. The molecule has 108 valence electrons. The summed E-state index contributed by atoms with van der Waals surface area (Å²) >= 11 is 1.64. The summed E-state index contributed by atoms with van der Waals surface area (Å²) in [6.45, 7) is 0.600. The Morgan fingerprint density at radius 2 is 2.05 bits per heavy atom. The van der Waals surface area contributed by atoms with E-state index in [1.165, 1.54) is 0 Å². The van der Waals surface area contributed by atoms with Crippen LogP contribution in [0.3, 0.4) is 0 Å². The average Bonchev–Trinajstić information content (AvgIpc) is 3.19. The van der Waals surface area contributed by atoms with Crippen LogP contribution in [0, 0.1) is 0 Å². The fourth-order valence-corrected chi connectivity index (χ4v) is 3.18. The normalized spacial score (nSPS) is 11.1. The molecule has 4 aromatic rings. The minimum atomic E-state index is 0.0116. The number of nitrogens with one attached hydrogen (secondary N) is 1. The number of thiophene rings is 1. The molecular weight excluding hydrogens is 294 g/mol. The second-order valence-corrected chi connectivity index (χ2v) is 5.97. The van der Waals surface area contributed by atoms with Crippen molar-refractivity contribution >= 4 is 22.2 Å². The molecule has 0 saturated heterocycles. The molecule has 0 atom stereocenters. The van der Waals surface area contributed by atoms with Gasteiger partial charge in [0.05, 0.1) is 18.3 Å². The Labute approximate surface area is 130 Å². The molecule has 0 aliphatic heterocycles. The van der Waals surface area contributed by atoms with Gasteiger partial charge in [-0.3, -0.25) is 9.89 Å². The lowest BCUT2D eigenvalue weighted by Crippen LogP contribution is -2.18. The van der Waals surface area contributed by atoms with Gasteiger partial charge in [0, 0.05) is 17.6 Å². The summed E-state index contributed by atoms with van der Waals surface area (Å²) in [6, 6.07) is 11.7. The number of rotatable bonds is 3. The van der Waals surface area contributed by atoms with E-state index in [1.54, 1.807) is 28.2 Å². The number of H-pyrrole nitrogens is 1. The van der Waals surface area contributed by atoms with E-state index >= 15 is 0 Å². The molecule has 1 aromatic carbocycles. The van der Waals surface area contributed by atoms with Crippen LogP contribution in [0.2, 0.25) is 0 Å². The third-order valence-corrected chi connectivity index (χ3v) is 4.42. The molecule has 5 heteroatoms. The van der Waals surface area contributed by atoms with Crippen molar-refractivity contribution in [3.63, 3.8) is 0 Å². The SMILES string of the molecule is O=c1ccc(-c2ccc3cn[nH]c3c2)cn1Cc1ccsc1. The Morgan fingerprint density at radius 3 is 2.91 bits per heavy atom. The summed E-state index contributed by atoms with van der Waals surface area (Å²) in [5.41, 5.74) is 4.24. The molecule has 4 rings (SSSR count). The van der Waals surface area contributed by atoms with Gasteiger partial charge in [0.15, 0.2) is 0 Å². The Balaban J connectivity index is 1.76. The molecule has 0 amide bonds. The fourth-order valence-electron chi connectivity index (χ4n) is 2.52. The Morgan fingerprint density at radius 1 is 1.14 bits per heavy atom. The summed E-state index contributed by atoms with van der Waals surface area (Å²) in [7, 11) is 0. The third-order valence-electron chi connectivity index (χ3n) is 3.69. The molecule has 1 N–H and O–H groups in total. The Bertz CT molecular complexity index is 982. The van der Waals surface area contributed by atoms with Crippen LogP contribution in [-0.4, -0.2) is 14.8 Å². The van der Waals surface area contributed by atoms with Crippen LogP contribution >= 0.6 is 11.3 Å². The van der Waals surface area contributed by atoms with Gasteiger partial charge in [-0.25, -0.2) is 0 Å². The minimum absolute atomic E-state index is 0.0116. The molecule has 0 spiro atoms. The van der Waals surface area contributed by atoms with E-state index in [1.807, 2.05) is 35.8 Å². The summed E-state index contributed by atoms with van der Waals surface area (Å²) in [6.07, 6.45) is 3.72. The van der Waals surface area contributed by atoms with Gasteiger partial charge in [0.25, 0.3) is 5.56 Å². The number of benzene rings is 1. The maximum Gasteiger partial charge on any atom is 0.250 e. The number of nitrogens with zero attached hydrogens (tertiary/aromatic N) is 2. The molecule has 0 aliphatic carbocycles. The lowest BCUT2D eigenvalue weighted by molar-refractivity contribution is 0.763. The topological polar surface area (TPSA) is 50.7 Å². The summed E-state index contributed by atoms with van der Waals surface area (Å²) < 4.78 is 1.74. The van der Waals surface area contributed by atoms with Crippen molar-refractivity contribution in [3.8, 4) is 11.1 Å². The molecule has 0 bridgehead atoms. The van der Waals surface area contributed by atoms with E-state index in [0.717, 1.165) is 27.6 Å². The second-order valence-electron chi connectivity index (χ2n) is 5.19. The predicted octanol–water partition coefficient (Wildman–Crippen LogP) is 3.50. The van der Waals surface area contributed by atoms with Crippen molar-refractivity contribution in [2.45, 2.75) is 6.54 Å². The van der Waals surface area contributed by atoms with Crippen LogP contribution in [-0.2, 0) is 6.54 Å². The highest BCUT2D eigenvalue weighted by Crippen LogP contribution is 2.22. The van der Waals surface area contributed by atoms with Crippen molar-refractivity contribution in [1.29, 1.82) is 0 Å². The van der Waals surface area contributed by atoms with Crippen LogP contribution in [0.4, 0.5) is 0 Å². The lowest BCUT2D eigenvalue weighted by Gasteiger charge is -2.08. The van der Waals surface area contributed by atoms with Crippen molar-refractivity contribution in [2.75, 3.05) is 0 Å². The smallest absolute Gasteiger partial charge is 0.250 e. The number of hydrogen-bond acceptors (Lipinski definition) is 3. The first kappa shape index (κ1) is 13.0. The van der Waals surface area contributed by atoms with Gasteiger partial charge < -0.3 is 4.57 Å². The monoisotopic (exact) mass is 307 g/mol. The van der Waals surface area contributed by atoms with E-state index in [9.17, 15) is 4.79 Å². The first-order valence-electron chi connectivity index (χ1n) is 6.95. The van der Waals surface area contributed by atoms with Gasteiger partial charge in [-0.2, -0.15) is 16.4 Å². The van der Waals surface area contributed by atoms with Gasteiger partial charge >= 0.3 is 0 Å². The van der Waals surface area contributed by atoms with Gasteiger partial charge in [-0.05, 0) is 45.6 Å². The van der Waals surface area contributed by atoms with Crippen molar-refractivity contribution in [2.24, 2.45) is 0 Å². The van der Waals surface area contributed by atoms with Crippen LogP contribution in [0.5, 0.6) is 0 Å². The van der Waals surface area contributed by atoms with Crippen LogP contribution < -0.4 is 5.56 Å². The summed E-state index contributed by atoms with van der Waals surface area (Å²) in [4.78, 5) is 12.1. The van der Waals surface area contributed by atoms with Crippen LogP contribution in [0.1, 0.15) is 5.56 Å². The van der Waals surface area contributed by atoms with Gasteiger partial charge in [-0.1, -0.05) is 12.1 Å². The zero-order valence-corrected chi connectivity index (χ0v) is 12.5. The van der Waals surface area contributed by atoms with E-state index in [0.29, 0.717) is 6.54 Å². The van der Waals surface area contributed by atoms with Crippen molar-refractivity contribution < 1.29 is 0 Å². The molecule has 0 saturated carbocycles. The molecule has 22 heavy (non-hydrogen) atoms. The molecule has 0 fully saturated rings. The maximum atomic E-state index is 12.1. The zero-order chi connectivity index (χ0) is 14.9. The molecular formula is C17H13N3OS. The Hall–Kier alpha value is -2.66. The highest BCUT2D eigenvalue weighted by Gasteiger charge is 2.05. The van der Waals surface area contributed by atoms with E-state index in [2.05, 4.69) is 21.6 Å². The Kier molecular flexibility index (Phi) is 3.12.